The molecule has 0 amide bonds. The van der Waals surface area contributed by atoms with Gasteiger partial charge in [0.2, 0.25) is 0 Å². The third-order valence-corrected chi connectivity index (χ3v) is 9.65. The Morgan fingerprint density at radius 2 is 1.30 bits per heavy atom. The van der Waals surface area contributed by atoms with E-state index in [2.05, 4.69) is 12.5 Å². The maximum atomic E-state index is 13.5. The van der Waals surface area contributed by atoms with Crippen molar-refractivity contribution in [1.82, 2.24) is 0 Å². The van der Waals surface area contributed by atoms with E-state index in [0.29, 0.717) is 0 Å². The Labute approximate surface area is 140 Å². The molecule has 0 aromatic rings. The van der Waals surface area contributed by atoms with Gasteiger partial charge < -0.3 is 18.1 Å². The number of allylic oxidation sites excluding steroid dienone is 1. The Hall–Kier alpha value is -0.400. The molecule has 0 fully saturated rings. The van der Waals surface area contributed by atoms with E-state index < -0.39 is 20.1 Å². The van der Waals surface area contributed by atoms with Crippen molar-refractivity contribution in [2.75, 3.05) is 26.4 Å². The molecule has 0 atom stereocenters. The predicted molar refractivity (Wildman–Crippen MR) is 92.7 cm³/mol. The van der Waals surface area contributed by atoms with Gasteiger partial charge in [0, 0.05) is 6.42 Å². The van der Waals surface area contributed by atoms with E-state index in [9.17, 15) is 9.13 Å². The second-order valence-electron chi connectivity index (χ2n) is 4.52. The smallest absolute Gasteiger partial charge is 0.308 e. The molecule has 8 heteroatoms. The van der Waals surface area contributed by atoms with Gasteiger partial charge >= 0.3 is 15.2 Å². The standard InChI is InChI=1S/C15H28O6P2/c1-7-13-15(14-8-2,22(16,18-9-3)19-10-4)23(17,20-11-5)21-12-6/h1,8H,2,9-14H2,3-6H3. The first-order valence-corrected chi connectivity index (χ1v) is 10.8. The van der Waals surface area contributed by atoms with Crippen molar-refractivity contribution in [2.24, 2.45) is 0 Å². The average molecular weight is 366 g/mol. The lowest BCUT2D eigenvalue weighted by Gasteiger charge is -2.40. The molecule has 0 aromatic carbocycles. The van der Waals surface area contributed by atoms with Crippen LogP contribution < -0.4 is 0 Å². The maximum absolute atomic E-state index is 13.5. The largest absolute Gasteiger partial charge is 0.350 e. The molecule has 0 bridgehead atoms. The lowest BCUT2D eigenvalue weighted by Crippen LogP contribution is -2.32. The molecule has 0 spiro atoms. The van der Waals surface area contributed by atoms with Gasteiger partial charge in [-0.05, 0) is 34.1 Å². The zero-order valence-corrected chi connectivity index (χ0v) is 16.2. The topological polar surface area (TPSA) is 71.1 Å². The molecule has 6 nitrogen and oxygen atoms in total. The Balaban J connectivity index is 6.46. The highest BCUT2D eigenvalue weighted by Gasteiger charge is 2.64. The van der Waals surface area contributed by atoms with Gasteiger partial charge in [-0.25, -0.2) is 0 Å². The average Bonchev–Trinajstić information content (AvgIpc) is 2.47. The number of hydrogen-bond acceptors (Lipinski definition) is 6. The number of rotatable bonds is 13. The van der Waals surface area contributed by atoms with E-state index in [1.807, 2.05) is 0 Å². The lowest BCUT2D eigenvalue weighted by molar-refractivity contribution is 0.177. The molecular formula is C15H28O6P2. The van der Waals surface area contributed by atoms with Crippen molar-refractivity contribution in [2.45, 2.75) is 45.4 Å². The van der Waals surface area contributed by atoms with E-state index in [1.54, 1.807) is 27.7 Å². The van der Waals surface area contributed by atoms with E-state index in [4.69, 9.17) is 24.5 Å². The zero-order valence-electron chi connectivity index (χ0n) is 14.4. The van der Waals surface area contributed by atoms with Gasteiger partial charge in [-0.3, -0.25) is 9.13 Å². The van der Waals surface area contributed by atoms with Crippen LogP contribution in [-0.2, 0) is 27.2 Å². The quantitative estimate of drug-likeness (QED) is 0.265. The van der Waals surface area contributed by atoms with E-state index in [1.165, 1.54) is 6.08 Å². The summed E-state index contributed by atoms with van der Waals surface area (Å²) < 4.78 is 48.7. The van der Waals surface area contributed by atoms with Crippen LogP contribution in [0.25, 0.3) is 0 Å². The Morgan fingerprint density at radius 3 is 1.52 bits per heavy atom. The van der Waals surface area contributed by atoms with Crippen LogP contribution in [0.3, 0.4) is 0 Å². The summed E-state index contributed by atoms with van der Waals surface area (Å²) in [6, 6.07) is 0. The van der Waals surface area contributed by atoms with Crippen LogP contribution in [0, 0.1) is 12.3 Å². The van der Waals surface area contributed by atoms with E-state index in [-0.39, 0.29) is 39.3 Å². The van der Waals surface area contributed by atoms with Gasteiger partial charge in [-0.2, -0.15) is 0 Å². The third kappa shape index (κ3) is 4.79. The summed E-state index contributed by atoms with van der Waals surface area (Å²) in [4.78, 5) is -1.62. The lowest BCUT2D eigenvalue weighted by atomic mass is 10.2. The highest BCUT2D eigenvalue weighted by atomic mass is 31.2. The van der Waals surface area contributed by atoms with Crippen molar-refractivity contribution >= 4 is 15.2 Å². The van der Waals surface area contributed by atoms with Crippen molar-refractivity contribution in [3.05, 3.63) is 12.7 Å². The van der Waals surface area contributed by atoms with Crippen molar-refractivity contribution in [1.29, 1.82) is 0 Å². The summed E-state index contributed by atoms with van der Waals surface area (Å²) in [5, 5.41) is 0. The highest BCUT2D eigenvalue weighted by molar-refractivity contribution is 7.74. The summed E-state index contributed by atoms with van der Waals surface area (Å²) in [5.74, 6) is 2.43. The number of terminal acetylenes is 1. The predicted octanol–water partition coefficient (Wildman–Crippen LogP) is 4.81. The van der Waals surface area contributed by atoms with Gasteiger partial charge in [-0.15, -0.1) is 18.9 Å². The van der Waals surface area contributed by atoms with Crippen LogP contribution in [0.1, 0.15) is 40.5 Å². The second kappa shape index (κ2) is 10.5. The summed E-state index contributed by atoms with van der Waals surface area (Å²) in [6.45, 7) is 10.8. The molecular weight excluding hydrogens is 338 g/mol. The molecule has 0 aliphatic carbocycles. The van der Waals surface area contributed by atoms with Crippen molar-refractivity contribution in [3.63, 3.8) is 0 Å². The molecule has 0 saturated carbocycles. The first kappa shape index (κ1) is 22.6. The second-order valence-corrected chi connectivity index (χ2v) is 9.61. The van der Waals surface area contributed by atoms with Crippen molar-refractivity contribution in [3.8, 4) is 12.3 Å². The molecule has 0 radical (unpaired) electrons. The van der Waals surface area contributed by atoms with Crippen LogP contribution in [0.4, 0.5) is 0 Å². The molecule has 0 N–H and O–H groups in total. The molecule has 0 aliphatic rings. The summed E-state index contributed by atoms with van der Waals surface area (Å²) in [7, 11) is -7.80. The van der Waals surface area contributed by atoms with Gasteiger partial charge in [-0.1, -0.05) is 6.08 Å². The van der Waals surface area contributed by atoms with Gasteiger partial charge in [0.15, 0.2) is 4.90 Å². The first-order valence-electron chi connectivity index (χ1n) is 7.69. The fourth-order valence-electron chi connectivity index (χ4n) is 2.27. The molecule has 0 rings (SSSR count). The molecule has 23 heavy (non-hydrogen) atoms. The van der Waals surface area contributed by atoms with Crippen LogP contribution in [0.5, 0.6) is 0 Å². The fraction of sp³-hybridized carbons (Fsp3) is 0.733. The van der Waals surface area contributed by atoms with Crippen molar-refractivity contribution < 1.29 is 27.2 Å². The van der Waals surface area contributed by atoms with Crippen LogP contribution in [-0.4, -0.2) is 31.3 Å². The zero-order chi connectivity index (χ0) is 18.0. The summed E-state index contributed by atoms with van der Waals surface area (Å²) in [5.41, 5.74) is 0. The molecule has 0 saturated heterocycles. The van der Waals surface area contributed by atoms with Crippen LogP contribution in [0.2, 0.25) is 0 Å². The minimum absolute atomic E-state index is 0.0196. The number of hydrogen-bond donors (Lipinski definition) is 0. The fourth-order valence-corrected chi connectivity index (χ4v) is 7.91. The van der Waals surface area contributed by atoms with E-state index in [0.717, 1.165) is 0 Å². The summed E-state index contributed by atoms with van der Waals surface area (Å²) in [6.07, 6.45) is 6.83. The molecule has 0 aromatic heterocycles. The minimum atomic E-state index is -3.90. The molecule has 0 unspecified atom stereocenters. The molecule has 0 aliphatic heterocycles. The molecule has 0 heterocycles. The Bertz CT molecular complexity index is 447. The first-order chi connectivity index (χ1) is 10.9. The summed E-state index contributed by atoms with van der Waals surface area (Å²) >= 11 is 0. The minimum Gasteiger partial charge on any atom is -0.308 e. The Morgan fingerprint density at radius 1 is 0.957 bits per heavy atom. The Kier molecular flexibility index (Phi) is 10.3. The SMILES string of the molecule is C#CCC(CC=C)(P(=O)(OCC)OCC)P(=O)(OCC)OCC. The van der Waals surface area contributed by atoms with Gasteiger partial charge in [0.25, 0.3) is 0 Å². The molecule has 134 valence electrons. The monoisotopic (exact) mass is 366 g/mol. The maximum Gasteiger partial charge on any atom is 0.350 e. The highest BCUT2D eigenvalue weighted by Crippen LogP contribution is 2.80. The van der Waals surface area contributed by atoms with Gasteiger partial charge in [0.05, 0.1) is 26.4 Å². The normalized spacial score (nSPS) is 12.8. The van der Waals surface area contributed by atoms with Crippen LogP contribution >= 0.6 is 15.2 Å². The van der Waals surface area contributed by atoms with Gasteiger partial charge in [0.1, 0.15) is 0 Å². The third-order valence-electron chi connectivity index (χ3n) is 3.07. The van der Waals surface area contributed by atoms with Crippen LogP contribution in [0.15, 0.2) is 12.7 Å². The van der Waals surface area contributed by atoms with E-state index >= 15 is 0 Å².